The molecule has 2 atom stereocenters. The molecule has 0 spiro atoms. The first-order valence-corrected chi connectivity index (χ1v) is 4.57. The smallest absolute Gasteiger partial charge is 0.320 e. The molecule has 0 amide bonds. The van der Waals surface area contributed by atoms with E-state index in [-0.39, 0.29) is 0 Å². The topological polar surface area (TPSA) is 26.0 Å². The molecule has 2 N–H and O–H groups in total. The molecule has 0 saturated heterocycles. The van der Waals surface area contributed by atoms with Crippen LogP contribution in [0.25, 0.3) is 0 Å². The molecule has 0 saturated carbocycles. The van der Waals surface area contributed by atoms with Crippen molar-refractivity contribution in [1.29, 1.82) is 0 Å². The third-order valence-corrected chi connectivity index (χ3v) is 2.19. The number of rotatable bonds is 4. The minimum Gasteiger partial charge on any atom is -0.320 e. The summed E-state index contributed by atoms with van der Waals surface area (Å²) in [5.41, 5.74) is 5.06. The molecular weight excluding hydrogens is 179 g/mol. The highest BCUT2D eigenvalue weighted by atomic mass is 19.4. The van der Waals surface area contributed by atoms with E-state index in [4.69, 9.17) is 5.73 Å². The lowest BCUT2D eigenvalue weighted by Crippen LogP contribution is -2.42. The largest absolute Gasteiger partial charge is 0.403 e. The van der Waals surface area contributed by atoms with Crippen LogP contribution in [0.3, 0.4) is 0 Å². The van der Waals surface area contributed by atoms with Gasteiger partial charge in [0.15, 0.2) is 0 Å². The SMILES string of the molecule is CC(C)CCC(C)C(N)C(F)(F)F. The van der Waals surface area contributed by atoms with Gasteiger partial charge >= 0.3 is 6.18 Å². The lowest BCUT2D eigenvalue weighted by atomic mass is 9.93. The molecule has 0 radical (unpaired) electrons. The van der Waals surface area contributed by atoms with Crippen LogP contribution in [0.2, 0.25) is 0 Å². The van der Waals surface area contributed by atoms with Gasteiger partial charge in [-0.2, -0.15) is 13.2 Å². The molecule has 0 rings (SSSR count). The molecule has 80 valence electrons. The molecule has 2 unspecified atom stereocenters. The van der Waals surface area contributed by atoms with E-state index < -0.39 is 18.1 Å². The minimum absolute atomic E-state index is 0.433. The molecule has 0 aromatic carbocycles. The first-order valence-electron chi connectivity index (χ1n) is 4.57. The lowest BCUT2D eigenvalue weighted by Gasteiger charge is -2.22. The van der Waals surface area contributed by atoms with E-state index in [1.165, 1.54) is 0 Å². The summed E-state index contributed by atoms with van der Waals surface area (Å²) >= 11 is 0. The molecule has 0 aromatic heterocycles. The highest BCUT2D eigenvalue weighted by molar-refractivity contribution is 4.76. The van der Waals surface area contributed by atoms with Gasteiger partial charge in [-0.25, -0.2) is 0 Å². The van der Waals surface area contributed by atoms with E-state index in [0.717, 1.165) is 6.42 Å². The Balaban J connectivity index is 3.90. The molecule has 0 fully saturated rings. The molecule has 0 heterocycles. The van der Waals surface area contributed by atoms with Crippen molar-refractivity contribution in [3.8, 4) is 0 Å². The Bertz CT molecular complexity index is 142. The molecule has 13 heavy (non-hydrogen) atoms. The van der Waals surface area contributed by atoms with Gasteiger partial charge in [-0.15, -0.1) is 0 Å². The van der Waals surface area contributed by atoms with E-state index >= 15 is 0 Å². The number of alkyl halides is 3. The van der Waals surface area contributed by atoms with Crippen LogP contribution >= 0.6 is 0 Å². The Morgan fingerprint density at radius 2 is 1.54 bits per heavy atom. The van der Waals surface area contributed by atoms with Gasteiger partial charge in [0.05, 0.1) is 0 Å². The van der Waals surface area contributed by atoms with Gasteiger partial charge in [0.25, 0.3) is 0 Å². The Kier molecular flexibility index (Phi) is 4.75. The van der Waals surface area contributed by atoms with Crippen molar-refractivity contribution in [3.63, 3.8) is 0 Å². The Labute approximate surface area is 77.5 Å². The molecule has 0 aliphatic carbocycles. The van der Waals surface area contributed by atoms with E-state index in [0.29, 0.717) is 12.3 Å². The fourth-order valence-corrected chi connectivity index (χ4v) is 1.10. The van der Waals surface area contributed by atoms with Crippen molar-refractivity contribution >= 4 is 0 Å². The summed E-state index contributed by atoms with van der Waals surface area (Å²) in [7, 11) is 0. The summed E-state index contributed by atoms with van der Waals surface area (Å²) < 4.78 is 36.3. The lowest BCUT2D eigenvalue weighted by molar-refractivity contribution is -0.158. The van der Waals surface area contributed by atoms with Gasteiger partial charge in [-0.1, -0.05) is 27.2 Å². The summed E-state index contributed by atoms with van der Waals surface area (Å²) in [6, 6.07) is -1.67. The maximum absolute atomic E-state index is 12.1. The van der Waals surface area contributed by atoms with Gasteiger partial charge in [-0.05, 0) is 18.3 Å². The number of halogens is 3. The standard InChI is InChI=1S/C9H18F3N/c1-6(2)4-5-7(3)8(13)9(10,11)12/h6-8H,4-5,13H2,1-3H3. The van der Waals surface area contributed by atoms with Crippen LogP contribution in [0.4, 0.5) is 13.2 Å². The van der Waals surface area contributed by atoms with Crippen molar-refractivity contribution in [2.45, 2.75) is 45.8 Å². The van der Waals surface area contributed by atoms with E-state index in [1.54, 1.807) is 6.92 Å². The van der Waals surface area contributed by atoms with Gasteiger partial charge in [0, 0.05) is 0 Å². The van der Waals surface area contributed by atoms with Crippen LogP contribution in [-0.4, -0.2) is 12.2 Å². The highest BCUT2D eigenvalue weighted by Gasteiger charge is 2.39. The summed E-state index contributed by atoms with van der Waals surface area (Å²) in [5, 5.41) is 0. The quantitative estimate of drug-likeness (QED) is 0.736. The Hall–Kier alpha value is -0.250. The van der Waals surface area contributed by atoms with Crippen LogP contribution in [0.5, 0.6) is 0 Å². The van der Waals surface area contributed by atoms with Crippen molar-refractivity contribution in [3.05, 3.63) is 0 Å². The van der Waals surface area contributed by atoms with Gasteiger partial charge < -0.3 is 5.73 Å². The first-order chi connectivity index (χ1) is 5.75. The van der Waals surface area contributed by atoms with Gasteiger partial charge in [0.2, 0.25) is 0 Å². The molecule has 1 nitrogen and oxygen atoms in total. The second-order valence-corrected chi connectivity index (χ2v) is 4.02. The molecule has 4 heteroatoms. The fraction of sp³-hybridized carbons (Fsp3) is 1.00. The minimum atomic E-state index is -4.25. The zero-order valence-corrected chi connectivity index (χ0v) is 8.36. The second-order valence-electron chi connectivity index (χ2n) is 4.02. The summed E-state index contributed by atoms with van der Waals surface area (Å²) in [6.45, 7) is 5.54. The normalized spacial score (nSPS) is 17.5. The average molecular weight is 197 g/mol. The van der Waals surface area contributed by atoms with Crippen LogP contribution in [0.15, 0.2) is 0 Å². The predicted molar refractivity (Wildman–Crippen MR) is 47.3 cm³/mol. The third-order valence-electron chi connectivity index (χ3n) is 2.19. The number of hydrogen-bond acceptors (Lipinski definition) is 1. The van der Waals surface area contributed by atoms with Gasteiger partial charge in [-0.3, -0.25) is 0 Å². The van der Waals surface area contributed by atoms with E-state index in [1.807, 2.05) is 13.8 Å². The second kappa shape index (κ2) is 4.84. The molecule has 0 aromatic rings. The fourth-order valence-electron chi connectivity index (χ4n) is 1.10. The van der Waals surface area contributed by atoms with Crippen molar-refractivity contribution in [2.24, 2.45) is 17.6 Å². The molecule has 0 bridgehead atoms. The third kappa shape index (κ3) is 5.13. The Morgan fingerprint density at radius 3 is 1.85 bits per heavy atom. The van der Waals surface area contributed by atoms with Crippen molar-refractivity contribution < 1.29 is 13.2 Å². The maximum Gasteiger partial charge on any atom is 0.403 e. The van der Waals surface area contributed by atoms with Crippen molar-refractivity contribution in [1.82, 2.24) is 0 Å². The van der Waals surface area contributed by atoms with E-state index in [2.05, 4.69) is 0 Å². The number of hydrogen-bond donors (Lipinski definition) is 1. The monoisotopic (exact) mass is 197 g/mol. The molecular formula is C9H18F3N. The van der Waals surface area contributed by atoms with Gasteiger partial charge in [0.1, 0.15) is 6.04 Å². The predicted octanol–water partition coefficient (Wildman–Crippen LogP) is 2.95. The summed E-state index contributed by atoms with van der Waals surface area (Å²) in [6.07, 6.45) is -2.92. The van der Waals surface area contributed by atoms with E-state index in [9.17, 15) is 13.2 Å². The maximum atomic E-state index is 12.1. The Morgan fingerprint density at radius 1 is 1.08 bits per heavy atom. The average Bonchev–Trinajstić information content (AvgIpc) is 1.96. The zero-order chi connectivity index (χ0) is 10.6. The highest BCUT2D eigenvalue weighted by Crippen LogP contribution is 2.26. The zero-order valence-electron chi connectivity index (χ0n) is 8.36. The molecule has 0 aliphatic rings. The van der Waals surface area contributed by atoms with Crippen molar-refractivity contribution in [2.75, 3.05) is 0 Å². The summed E-state index contributed by atoms with van der Waals surface area (Å²) in [4.78, 5) is 0. The van der Waals surface area contributed by atoms with Crippen LogP contribution in [-0.2, 0) is 0 Å². The summed E-state index contributed by atoms with van der Waals surface area (Å²) in [5.74, 6) is -0.0507. The van der Waals surface area contributed by atoms with Crippen LogP contribution in [0.1, 0.15) is 33.6 Å². The van der Waals surface area contributed by atoms with Crippen LogP contribution < -0.4 is 5.73 Å². The first kappa shape index (κ1) is 12.8. The number of nitrogens with two attached hydrogens (primary N) is 1. The molecule has 0 aliphatic heterocycles. The van der Waals surface area contributed by atoms with Crippen LogP contribution in [0, 0.1) is 11.8 Å².